The largest absolute Gasteiger partial charge is 0.478 e. The summed E-state index contributed by atoms with van der Waals surface area (Å²) in [7, 11) is 1.53. The van der Waals surface area contributed by atoms with Gasteiger partial charge in [-0.2, -0.15) is 0 Å². The van der Waals surface area contributed by atoms with Crippen LogP contribution in [0.3, 0.4) is 0 Å². The maximum absolute atomic E-state index is 10.7. The fraction of sp³-hybridized carbons (Fsp3) is 0.417. The summed E-state index contributed by atoms with van der Waals surface area (Å²) in [5, 5.41) is 21.2. The number of rotatable bonds is 7. The standard InChI is InChI=1S/C12H17NO4/c1-17-8-11(14)7-13-6-9-3-2-4-10(5-9)12(15)16/h2-5,11,13-14H,6-8H2,1H3,(H,15,16). The molecule has 5 nitrogen and oxygen atoms in total. The number of hydrogen-bond donors (Lipinski definition) is 3. The Bertz CT molecular complexity index is 367. The first-order valence-electron chi connectivity index (χ1n) is 5.33. The summed E-state index contributed by atoms with van der Waals surface area (Å²) in [5.74, 6) is -0.939. The Morgan fingerprint density at radius 1 is 1.53 bits per heavy atom. The first-order valence-corrected chi connectivity index (χ1v) is 5.33. The van der Waals surface area contributed by atoms with E-state index in [4.69, 9.17) is 9.84 Å². The Hall–Kier alpha value is -1.43. The van der Waals surface area contributed by atoms with Gasteiger partial charge in [-0.05, 0) is 17.7 Å². The van der Waals surface area contributed by atoms with Gasteiger partial charge in [0, 0.05) is 20.2 Å². The van der Waals surface area contributed by atoms with Crippen molar-refractivity contribution < 1.29 is 19.7 Å². The topological polar surface area (TPSA) is 78.8 Å². The lowest BCUT2D eigenvalue weighted by molar-refractivity contribution is 0.0643. The van der Waals surface area contributed by atoms with Crippen molar-refractivity contribution in [3.05, 3.63) is 35.4 Å². The SMILES string of the molecule is COCC(O)CNCc1cccc(C(=O)O)c1. The highest BCUT2D eigenvalue weighted by Crippen LogP contribution is 2.04. The van der Waals surface area contributed by atoms with Crippen molar-refractivity contribution in [2.24, 2.45) is 0 Å². The summed E-state index contributed by atoms with van der Waals surface area (Å²) in [4.78, 5) is 10.7. The summed E-state index contributed by atoms with van der Waals surface area (Å²) in [6.07, 6.45) is -0.553. The number of carboxylic acid groups (broad SMARTS) is 1. The Morgan fingerprint density at radius 3 is 2.94 bits per heavy atom. The van der Waals surface area contributed by atoms with E-state index < -0.39 is 12.1 Å². The molecule has 0 bridgehead atoms. The minimum atomic E-state index is -0.939. The molecule has 5 heteroatoms. The minimum Gasteiger partial charge on any atom is -0.478 e. The van der Waals surface area contributed by atoms with Gasteiger partial charge in [-0.25, -0.2) is 4.79 Å². The highest BCUT2D eigenvalue weighted by molar-refractivity contribution is 5.87. The Balaban J connectivity index is 2.41. The molecule has 3 N–H and O–H groups in total. The fourth-order valence-electron chi connectivity index (χ4n) is 1.45. The maximum Gasteiger partial charge on any atom is 0.335 e. The molecule has 0 spiro atoms. The number of aliphatic hydroxyl groups is 1. The zero-order valence-electron chi connectivity index (χ0n) is 9.72. The summed E-state index contributed by atoms with van der Waals surface area (Å²) >= 11 is 0. The van der Waals surface area contributed by atoms with E-state index in [1.54, 1.807) is 18.2 Å². The predicted octanol–water partition coefficient (Wildman–Crippen LogP) is 0.482. The number of hydrogen-bond acceptors (Lipinski definition) is 4. The normalized spacial score (nSPS) is 12.4. The van der Waals surface area contributed by atoms with E-state index in [0.717, 1.165) is 5.56 Å². The lowest BCUT2D eigenvalue weighted by Gasteiger charge is -2.10. The molecule has 1 rings (SSSR count). The van der Waals surface area contributed by atoms with Crippen LogP contribution >= 0.6 is 0 Å². The molecule has 0 fully saturated rings. The Kier molecular flexibility index (Phi) is 5.62. The van der Waals surface area contributed by atoms with Crippen molar-refractivity contribution >= 4 is 5.97 Å². The highest BCUT2D eigenvalue weighted by atomic mass is 16.5. The maximum atomic E-state index is 10.7. The van der Waals surface area contributed by atoms with Crippen LogP contribution in [0, 0.1) is 0 Å². The Labute approximate surface area is 100 Å². The molecule has 1 unspecified atom stereocenters. The number of benzene rings is 1. The van der Waals surface area contributed by atoms with E-state index >= 15 is 0 Å². The van der Waals surface area contributed by atoms with Crippen LogP contribution < -0.4 is 5.32 Å². The van der Waals surface area contributed by atoms with Gasteiger partial charge in [0.05, 0.1) is 18.3 Å². The van der Waals surface area contributed by atoms with Gasteiger partial charge < -0.3 is 20.3 Å². The third kappa shape index (κ3) is 4.95. The van der Waals surface area contributed by atoms with Crippen molar-refractivity contribution in [2.45, 2.75) is 12.6 Å². The average Bonchev–Trinajstić information content (AvgIpc) is 2.30. The van der Waals surface area contributed by atoms with Crippen molar-refractivity contribution in [1.29, 1.82) is 0 Å². The van der Waals surface area contributed by atoms with Gasteiger partial charge in [0.1, 0.15) is 0 Å². The fourth-order valence-corrected chi connectivity index (χ4v) is 1.45. The molecular formula is C12H17NO4. The van der Waals surface area contributed by atoms with Gasteiger partial charge in [0.2, 0.25) is 0 Å². The van der Waals surface area contributed by atoms with E-state index in [0.29, 0.717) is 13.1 Å². The number of carbonyl (C=O) groups is 1. The molecule has 1 atom stereocenters. The molecule has 94 valence electrons. The number of aromatic carboxylic acids is 1. The van der Waals surface area contributed by atoms with Crippen molar-refractivity contribution in [2.75, 3.05) is 20.3 Å². The summed E-state index contributed by atoms with van der Waals surface area (Å²) < 4.78 is 4.79. The van der Waals surface area contributed by atoms with E-state index in [1.807, 2.05) is 6.07 Å². The first-order chi connectivity index (χ1) is 8.13. The second-order valence-electron chi connectivity index (χ2n) is 3.75. The van der Waals surface area contributed by atoms with Gasteiger partial charge in [0.25, 0.3) is 0 Å². The monoisotopic (exact) mass is 239 g/mol. The van der Waals surface area contributed by atoms with Crippen LogP contribution in [0.2, 0.25) is 0 Å². The molecule has 0 aliphatic rings. The molecule has 0 aliphatic heterocycles. The lowest BCUT2D eigenvalue weighted by Crippen LogP contribution is -2.29. The quantitative estimate of drug-likeness (QED) is 0.645. The summed E-state index contributed by atoms with van der Waals surface area (Å²) in [5.41, 5.74) is 1.14. The molecule has 0 aromatic heterocycles. The number of aliphatic hydroxyl groups excluding tert-OH is 1. The summed E-state index contributed by atoms with van der Waals surface area (Å²) in [6, 6.07) is 6.69. The molecule has 0 saturated heterocycles. The molecular weight excluding hydrogens is 222 g/mol. The molecule has 1 aromatic carbocycles. The number of ether oxygens (including phenoxy) is 1. The average molecular weight is 239 g/mol. The van der Waals surface area contributed by atoms with E-state index in [1.165, 1.54) is 7.11 Å². The number of carboxylic acids is 1. The van der Waals surface area contributed by atoms with Crippen LogP contribution in [-0.4, -0.2) is 42.5 Å². The van der Waals surface area contributed by atoms with Gasteiger partial charge in [-0.3, -0.25) is 0 Å². The van der Waals surface area contributed by atoms with Gasteiger partial charge >= 0.3 is 5.97 Å². The van der Waals surface area contributed by atoms with Gasteiger partial charge in [-0.15, -0.1) is 0 Å². The van der Waals surface area contributed by atoms with Gasteiger partial charge in [-0.1, -0.05) is 12.1 Å². The van der Waals surface area contributed by atoms with Crippen LogP contribution in [0.25, 0.3) is 0 Å². The smallest absolute Gasteiger partial charge is 0.335 e. The van der Waals surface area contributed by atoms with E-state index in [9.17, 15) is 9.90 Å². The second kappa shape index (κ2) is 7.01. The Morgan fingerprint density at radius 2 is 2.29 bits per heavy atom. The lowest BCUT2D eigenvalue weighted by atomic mass is 10.1. The molecule has 0 heterocycles. The second-order valence-corrected chi connectivity index (χ2v) is 3.75. The van der Waals surface area contributed by atoms with E-state index in [2.05, 4.69) is 5.32 Å². The predicted molar refractivity (Wildman–Crippen MR) is 63.0 cm³/mol. The molecule has 0 saturated carbocycles. The van der Waals surface area contributed by atoms with Crippen LogP contribution in [-0.2, 0) is 11.3 Å². The zero-order valence-corrected chi connectivity index (χ0v) is 9.72. The van der Waals surface area contributed by atoms with Crippen LogP contribution in [0.4, 0.5) is 0 Å². The number of nitrogens with one attached hydrogen (secondary N) is 1. The third-order valence-electron chi connectivity index (χ3n) is 2.24. The first kappa shape index (κ1) is 13.6. The highest BCUT2D eigenvalue weighted by Gasteiger charge is 2.04. The van der Waals surface area contributed by atoms with Crippen molar-refractivity contribution in [3.8, 4) is 0 Å². The van der Waals surface area contributed by atoms with Crippen LogP contribution in [0.5, 0.6) is 0 Å². The molecule has 0 aliphatic carbocycles. The molecule has 0 amide bonds. The molecule has 1 aromatic rings. The minimum absolute atomic E-state index is 0.265. The van der Waals surface area contributed by atoms with Crippen molar-refractivity contribution in [3.63, 3.8) is 0 Å². The zero-order chi connectivity index (χ0) is 12.7. The summed E-state index contributed by atoms with van der Waals surface area (Å²) in [6.45, 7) is 1.20. The van der Waals surface area contributed by atoms with Crippen LogP contribution in [0.1, 0.15) is 15.9 Å². The van der Waals surface area contributed by atoms with Crippen molar-refractivity contribution in [1.82, 2.24) is 5.32 Å². The third-order valence-corrected chi connectivity index (χ3v) is 2.24. The van der Waals surface area contributed by atoms with Gasteiger partial charge in [0.15, 0.2) is 0 Å². The van der Waals surface area contributed by atoms with Crippen LogP contribution in [0.15, 0.2) is 24.3 Å². The molecule has 0 radical (unpaired) electrons. The van der Waals surface area contributed by atoms with E-state index in [-0.39, 0.29) is 12.2 Å². The number of methoxy groups -OCH3 is 1. The molecule has 17 heavy (non-hydrogen) atoms.